The second-order valence-electron chi connectivity index (χ2n) is 3.10. The Hall–Kier alpha value is -1.07. The molecule has 1 aromatic carbocycles. The Morgan fingerprint density at radius 3 is 2.75 bits per heavy atom. The molecular formula is C11H15BrN2O2. The number of nitrogens with two attached hydrogens (primary N) is 1. The molecule has 0 radical (unpaired) electrons. The first-order valence-corrected chi connectivity index (χ1v) is 5.79. The molecule has 0 aliphatic rings. The molecule has 0 aromatic heterocycles. The van der Waals surface area contributed by atoms with E-state index in [1.165, 1.54) is 0 Å². The fourth-order valence-corrected chi connectivity index (χ4v) is 1.74. The van der Waals surface area contributed by atoms with Gasteiger partial charge in [0.15, 0.2) is 0 Å². The number of rotatable bonds is 6. The van der Waals surface area contributed by atoms with Crippen LogP contribution in [0.5, 0.6) is 5.75 Å². The molecule has 0 aliphatic carbocycles. The van der Waals surface area contributed by atoms with Crippen molar-refractivity contribution in [1.29, 1.82) is 5.41 Å². The van der Waals surface area contributed by atoms with Gasteiger partial charge in [-0.1, -0.05) is 0 Å². The third-order valence-electron chi connectivity index (χ3n) is 1.93. The number of hydrogen-bond acceptors (Lipinski definition) is 3. The molecular weight excluding hydrogens is 272 g/mol. The minimum absolute atomic E-state index is 0.0349. The van der Waals surface area contributed by atoms with Gasteiger partial charge in [0.05, 0.1) is 6.61 Å². The highest BCUT2D eigenvalue weighted by atomic mass is 79.9. The lowest BCUT2D eigenvalue weighted by Gasteiger charge is -2.08. The van der Waals surface area contributed by atoms with Gasteiger partial charge in [0, 0.05) is 16.6 Å². The molecule has 0 saturated carbocycles. The van der Waals surface area contributed by atoms with Crippen molar-refractivity contribution in [3.63, 3.8) is 0 Å². The summed E-state index contributed by atoms with van der Waals surface area (Å²) in [6.45, 7) is 3.72. The van der Waals surface area contributed by atoms with Gasteiger partial charge in [0.25, 0.3) is 0 Å². The normalized spacial score (nSPS) is 10.1. The third kappa shape index (κ3) is 3.83. The van der Waals surface area contributed by atoms with Gasteiger partial charge < -0.3 is 15.2 Å². The van der Waals surface area contributed by atoms with Gasteiger partial charge in [-0.3, -0.25) is 5.41 Å². The third-order valence-corrected chi connectivity index (χ3v) is 2.59. The summed E-state index contributed by atoms with van der Waals surface area (Å²) in [7, 11) is 0. The largest absolute Gasteiger partial charge is 0.491 e. The molecule has 0 unspecified atom stereocenters. The van der Waals surface area contributed by atoms with Crippen LogP contribution >= 0.6 is 15.9 Å². The predicted octanol–water partition coefficient (Wildman–Crippen LogP) is 2.15. The fourth-order valence-electron chi connectivity index (χ4n) is 1.17. The Morgan fingerprint density at radius 1 is 1.44 bits per heavy atom. The van der Waals surface area contributed by atoms with Gasteiger partial charge in [0.1, 0.15) is 18.2 Å². The van der Waals surface area contributed by atoms with Crippen molar-refractivity contribution >= 4 is 21.8 Å². The van der Waals surface area contributed by atoms with Crippen LogP contribution < -0.4 is 10.5 Å². The minimum Gasteiger partial charge on any atom is -0.491 e. The number of amidine groups is 1. The maximum Gasteiger partial charge on any atom is 0.123 e. The standard InChI is InChI=1S/C11H15BrN2O2/c1-2-15-5-6-16-8-3-4-9(11(13)14)10(12)7-8/h3-4,7H,2,5-6H2,1H3,(H3,13,14). The molecule has 0 bridgehead atoms. The first-order chi connectivity index (χ1) is 7.65. The summed E-state index contributed by atoms with van der Waals surface area (Å²) in [5.41, 5.74) is 6.06. The molecule has 1 rings (SSSR count). The molecule has 0 fully saturated rings. The van der Waals surface area contributed by atoms with E-state index >= 15 is 0 Å². The molecule has 0 amide bonds. The van der Waals surface area contributed by atoms with Crippen molar-refractivity contribution in [3.8, 4) is 5.75 Å². The topological polar surface area (TPSA) is 68.3 Å². The summed E-state index contributed by atoms with van der Waals surface area (Å²) in [5, 5.41) is 7.33. The Morgan fingerprint density at radius 2 is 2.19 bits per heavy atom. The van der Waals surface area contributed by atoms with Crippen molar-refractivity contribution in [1.82, 2.24) is 0 Å². The van der Waals surface area contributed by atoms with Crippen molar-refractivity contribution in [2.24, 2.45) is 5.73 Å². The van der Waals surface area contributed by atoms with E-state index in [0.717, 1.165) is 10.2 Å². The number of hydrogen-bond donors (Lipinski definition) is 2. The number of nitrogens with one attached hydrogen (secondary N) is 1. The van der Waals surface area contributed by atoms with E-state index < -0.39 is 0 Å². The van der Waals surface area contributed by atoms with E-state index in [1.807, 2.05) is 6.92 Å². The van der Waals surface area contributed by atoms with Gasteiger partial charge in [0.2, 0.25) is 0 Å². The Bertz CT molecular complexity index is 369. The summed E-state index contributed by atoms with van der Waals surface area (Å²) in [6.07, 6.45) is 0. The Labute approximate surface area is 103 Å². The maximum absolute atomic E-state index is 7.33. The molecule has 0 spiro atoms. The molecule has 0 heterocycles. The van der Waals surface area contributed by atoms with Crippen LogP contribution in [0.2, 0.25) is 0 Å². The minimum atomic E-state index is 0.0349. The van der Waals surface area contributed by atoms with E-state index in [4.69, 9.17) is 20.6 Å². The summed E-state index contributed by atoms with van der Waals surface area (Å²) < 4.78 is 11.4. The molecule has 1 aromatic rings. The van der Waals surface area contributed by atoms with Gasteiger partial charge in [-0.15, -0.1) is 0 Å². The Kier molecular flexibility index (Phi) is 5.28. The summed E-state index contributed by atoms with van der Waals surface area (Å²) in [6, 6.07) is 5.33. The highest BCUT2D eigenvalue weighted by molar-refractivity contribution is 9.10. The van der Waals surface area contributed by atoms with Crippen LogP contribution in [0, 0.1) is 5.41 Å². The highest BCUT2D eigenvalue weighted by Gasteiger charge is 2.04. The van der Waals surface area contributed by atoms with E-state index in [0.29, 0.717) is 25.4 Å². The quantitative estimate of drug-likeness (QED) is 0.478. The van der Waals surface area contributed by atoms with Gasteiger partial charge in [-0.2, -0.15) is 0 Å². The van der Waals surface area contributed by atoms with E-state index in [-0.39, 0.29) is 5.84 Å². The molecule has 88 valence electrons. The van der Waals surface area contributed by atoms with Crippen molar-refractivity contribution in [2.75, 3.05) is 19.8 Å². The van der Waals surface area contributed by atoms with E-state index in [9.17, 15) is 0 Å². The lowest BCUT2D eigenvalue weighted by molar-refractivity contribution is 0.110. The monoisotopic (exact) mass is 286 g/mol. The SMILES string of the molecule is CCOCCOc1ccc(C(=N)N)c(Br)c1. The van der Waals surface area contributed by atoms with Crippen molar-refractivity contribution < 1.29 is 9.47 Å². The molecule has 16 heavy (non-hydrogen) atoms. The fraction of sp³-hybridized carbons (Fsp3) is 0.364. The van der Waals surface area contributed by atoms with Crippen LogP contribution in [0.25, 0.3) is 0 Å². The summed E-state index contributed by atoms with van der Waals surface area (Å²) >= 11 is 3.34. The van der Waals surface area contributed by atoms with Crippen molar-refractivity contribution in [3.05, 3.63) is 28.2 Å². The predicted molar refractivity (Wildman–Crippen MR) is 67.1 cm³/mol. The summed E-state index contributed by atoms with van der Waals surface area (Å²) in [5.74, 6) is 0.768. The lowest BCUT2D eigenvalue weighted by atomic mass is 10.2. The molecule has 5 heteroatoms. The molecule has 0 saturated heterocycles. The molecule has 0 aliphatic heterocycles. The van der Waals surface area contributed by atoms with Gasteiger partial charge >= 0.3 is 0 Å². The molecule has 3 N–H and O–H groups in total. The zero-order chi connectivity index (χ0) is 12.0. The zero-order valence-corrected chi connectivity index (χ0v) is 10.7. The number of benzene rings is 1. The smallest absolute Gasteiger partial charge is 0.123 e. The lowest BCUT2D eigenvalue weighted by Crippen LogP contribution is -2.12. The van der Waals surface area contributed by atoms with Gasteiger partial charge in [-0.05, 0) is 41.1 Å². The first kappa shape index (κ1) is 13.0. The number of ether oxygens (including phenoxy) is 2. The average Bonchev–Trinajstić information content (AvgIpc) is 2.24. The summed E-state index contributed by atoms with van der Waals surface area (Å²) in [4.78, 5) is 0. The second kappa shape index (κ2) is 6.50. The van der Waals surface area contributed by atoms with Crippen LogP contribution in [0.15, 0.2) is 22.7 Å². The number of nitrogen functional groups attached to an aromatic ring is 1. The van der Waals surface area contributed by atoms with Gasteiger partial charge in [-0.25, -0.2) is 0 Å². The second-order valence-corrected chi connectivity index (χ2v) is 3.96. The zero-order valence-electron chi connectivity index (χ0n) is 9.13. The van der Waals surface area contributed by atoms with Crippen LogP contribution in [-0.2, 0) is 4.74 Å². The van der Waals surface area contributed by atoms with E-state index in [2.05, 4.69) is 15.9 Å². The van der Waals surface area contributed by atoms with Crippen LogP contribution in [0.4, 0.5) is 0 Å². The maximum atomic E-state index is 7.33. The van der Waals surface area contributed by atoms with Crippen LogP contribution in [0.3, 0.4) is 0 Å². The van der Waals surface area contributed by atoms with E-state index in [1.54, 1.807) is 18.2 Å². The van der Waals surface area contributed by atoms with Crippen LogP contribution in [0.1, 0.15) is 12.5 Å². The Balaban J connectivity index is 2.56. The number of halogens is 1. The molecule has 4 nitrogen and oxygen atoms in total. The van der Waals surface area contributed by atoms with Crippen LogP contribution in [-0.4, -0.2) is 25.7 Å². The molecule has 0 atom stereocenters. The first-order valence-electron chi connectivity index (χ1n) is 4.99. The van der Waals surface area contributed by atoms with Crippen molar-refractivity contribution in [2.45, 2.75) is 6.92 Å². The average molecular weight is 287 g/mol. The highest BCUT2D eigenvalue weighted by Crippen LogP contribution is 2.22.